The number of carbonyl (C=O) groups is 2. The Kier molecular flexibility index (Phi) is 4.31. The molecule has 0 spiro atoms. The minimum atomic E-state index is -0.842. The van der Waals surface area contributed by atoms with Crippen LogP contribution in [0.5, 0.6) is 5.75 Å². The number of ether oxygens (including phenoxy) is 1. The topological polar surface area (TPSA) is 98.6 Å². The Morgan fingerprint density at radius 2 is 1.86 bits per heavy atom. The third-order valence-electron chi connectivity index (χ3n) is 1.36. The Bertz CT molecular complexity index is 348. The number of rotatable bonds is 1. The van der Waals surface area contributed by atoms with E-state index in [9.17, 15) is 14.7 Å². The van der Waals surface area contributed by atoms with Crippen molar-refractivity contribution in [2.45, 2.75) is 6.92 Å². The predicted octanol–water partition coefficient (Wildman–Crippen LogP) is 1.26. The molecule has 0 aliphatic heterocycles. The molecule has 1 aromatic carbocycles. The van der Waals surface area contributed by atoms with Crippen LogP contribution in [0, 0.1) is 0 Å². The molecule has 1 rings (SSSR count). The van der Waals surface area contributed by atoms with Gasteiger partial charge in [-0.05, 0) is 12.1 Å². The van der Waals surface area contributed by atoms with Crippen molar-refractivity contribution in [2.24, 2.45) is 0 Å². The fourth-order valence-electron chi connectivity index (χ4n) is 0.832. The summed E-state index contributed by atoms with van der Waals surface area (Å²) < 4.78 is 4.28. The van der Waals surface area contributed by atoms with Gasteiger partial charge in [-0.25, -0.2) is 4.79 Å². The van der Waals surface area contributed by atoms with Crippen molar-refractivity contribution >= 4 is 11.9 Å². The molecule has 0 atom stereocenters. The number of hydrogen-bond acceptors (Lipinski definition) is 5. The molecule has 0 aliphatic rings. The fraction of sp³-hybridized carbons (Fsp3) is 0.111. The van der Waals surface area contributed by atoms with Crippen molar-refractivity contribution in [3.8, 4) is 5.75 Å². The number of para-hydroxylation sites is 1. The highest BCUT2D eigenvalue weighted by Gasteiger charge is 2.12. The molecule has 14 heavy (non-hydrogen) atoms. The van der Waals surface area contributed by atoms with Gasteiger partial charge in [0.15, 0.2) is 0 Å². The van der Waals surface area contributed by atoms with Crippen LogP contribution in [0.2, 0.25) is 0 Å². The van der Waals surface area contributed by atoms with Crippen LogP contribution >= 0.6 is 0 Å². The zero-order chi connectivity index (χ0) is 9.84. The van der Waals surface area contributed by atoms with Crippen LogP contribution in [-0.2, 0) is 9.53 Å². The summed E-state index contributed by atoms with van der Waals surface area (Å²) in [5.74, 6) is -1.74. The normalized spacial score (nSPS) is 8.64. The number of carbonyl (C=O) groups excluding carboxylic acids is 2. The first-order valence-corrected chi connectivity index (χ1v) is 3.62. The van der Waals surface area contributed by atoms with Gasteiger partial charge in [-0.15, -0.1) is 0 Å². The molecule has 0 amide bonds. The van der Waals surface area contributed by atoms with Crippen molar-refractivity contribution in [1.29, 1.82) is 0 Å². The first kappa shape index (κ1) is 12.1. The van der Waals surface area contributed by atoms with E-state index in [2.05, 4.69) is 4.74 Å². The minimum absolute atomic E-state index is 0. The van der Waals surface area contributed by atoms with Gasteiger partial charge in [0.1, 0.15) is 11.3 Å². The van der Waals surface area contributed by atoms with Crippen LogP contribution in [-0.4, -0.2) is 17.0 Å². The number of hydrogen-bond donors (Lipinski definition) is 2. The molecule has 0 fully saturated rings. The van der Waals surface area contributed by atoms with Crippen LogP contribution < -0.4 is 6.15 Å². The summed E-state index contributed by atoms with van der Waals surface area (Å²) >= 11 is 0. The maximum Gasteiger partial charge on any atom is 0.349 e. The second kappa shape index (κ2) is 4.98. The van der Waals surface area contributed by atoms with E-state index in [4.69, 9.17) is 0 Å². The van der Waals surface area contributed by atoms with E-state index in [0.29, 0.717) is 0 Å². The average molecular weight is 197 g/mol. The molecule has 0 aliphatic carbocycles. The number of phenols is 1. The smallest absolute Gasteiger partial charge is 0.349 e. The second-order valence-corrected chi connectivity index (χ2v) is 2.40. The van der Waals surface area contributed by atoms with Crippen LogP contribution in [0.1, 0.15) is 17.3 Å². The lowest BCUT2D eigenvalue weighted by molar-refractivity contribution is -0.135. The van der Waals surface area contributed by atoms with Crippen molar-refractivity contribution < 1.29 is 19.4 Å². The lowest BCUT2D eigenvalue weighted by Crippen LogP contribution is -2.09. The number of benzene rings is 1. The Hall–Kier alpha value is -1.88. The Labute approximate surface area is 80.9 Å². The van der Waals surface area contributed by atoms with Gasteiger partial charge in [0.05, 0.1) is 0 Å². The third-order valence-corrected chi connectivity index (χ3v) is 1.36. The maximum atomic E-state index is 11.1. The number of esters is 2. The predicted molar refractivity (Wildman–Crippen MR) is 49.2 cm³/mol. The summed E-state index contributed by atoms with van der Waals surface area (Å²) in [7, 11) is 0. The van der Waals surface area contributed by atoms with Crippen molar-refractivity contribution in [3.05, 3.63) is 29.8 Å². The highest BCUT2D eigenvalue weighted by Crippen LogP contribution is 2.16. The van der Waals surface area contributed by atoms with Crippen molar-refractivity contribution in [1.82, 2.24) is 6.15 Å². The fourth-order valence-corrected chi connectivity index (χ4v) is 0.832. The Morgan fingerprint density at radius 1 is 1.29 bits per heavy atom. The largest absolute Gasteiger partial charge is 0.507 e. The second-order valence-electron chi connectivity index (χ2n) is 2.40. The van der Waals surface area contributed by atoms with E-state index in [1.165, 1.54) is 12.1 Å². The molecule has 0 unspecified atom stereocenters. The monoisotopic (exact) mass is 197 g/mol. The standard InChI is InChI=1S/C9H8O4.H3N/c1-6(10)13-9(12)7-4-2-3-5-8(7)11;/h2-5,11H,1H3;1H3. The van der Waals surface area contributed by atoms with E-state index in [0.717, 1.165) is 6.92 Å². The molecule has 5 nitrogen and oxygen atoms in total. The molecule has 0 aromatic heterocycles. The molecule has 0 bridgehead atoms. The quantitative estimate of drug-likeness (QED) is 0.521. The van der Waals surface area contributed by atoms with Gasteiger partial charge in [-0.1, -0.05) is 12.1 Å². The maximum absolute atomic E-state index is 11.1. The van der Waals surface area contributed by atoms with Gasteiger partial charge in [-0.2, -0.15) is 0 Å². The minimum Gasteiger partial charge on any atom is -0.507 e. The molecular formula is C9H11NO4. The summed E-state index contributed by atoms with van der Waals surface area (Å²) in [6.45, 7) is 1.12. The summed E-state index contributed by atoms with van der Waals surface area (Å²) in [5.41, 5.74) is -0.0160. The molecule has 76 valence electrons. The zero-order valence-electron chi connectivity index (χ0n) is 7.69. The summed E-state index contributed by atoms with van der Waals surface area (Å²) in [4.78, 5) is 21.5. The van der Waals surface area contributed by atoms with Crippen molar-refractivity contribution in [3.63, 3.8) is 0 Å². The van der Waals surface area contributed by atoms with Crippen LogP contribution in [0.15, 0.2) is 24.3 Å². The third kappa shape index (κ3) is 2.87. The van der Waals surface area contributed by atoms with E-state index in [-0.39, 0.29) is 17.5 Å². The van der Waals surface area contributed by atoms with Crippen LogP contribution in [0.3, 0.4) is 0 Å². The Morgan fingerprint density at radius 3 is 2.36 bits per heavy atom. The summed E-state index contributed by atoms with van der Waals surface area (Å²) in [5, 5.41) is 9.18. The van der Waals surface area contributed by atoms with Gasteiger partial charge in [-0.3, -0.25) is 4.79 Å². The first-order chi connectivity index (χ1) is 6.11. The van der Waals surface area contributed by atoms with E-state index in [1.807, 2.05) is 0 Å². The molecular weight excluding hydrogens is 186 g/mol. The number of phenolic OH excluding ortho intramolecular Hbond substituents is 1. The van der Waals surface area contributed by atoms with Gasteiger partial charge in [0.2, 0.25) is 0 Å². The molecule has 0 heterocycles. The highest BCUT2D eigenvalue weighted by molar-refractivity contribution is 5.98. The lowest BCUT2D eigenvalue weighted by atomic mass is 10.2. The first-order valence-electron chi connectivity index (χ1n) is 3.62. The lowest BCUT2D eigenvalue weighted by Gasteiger charge is -2.01. The molecule has 4 N–H and O–H groups in total. The van der Waals surface area contributed by atoms with Crippen LogP contribution in [0.4, 0.5) is 0 Å². The van der Waals surface area contributed by atoms with E-state index in [1.54, 1.807) is 12.1 Å². The average Bonchev–Trinajstić information content (AvgIpc) is 2.03. The van der Waals surface area contributed by atoms with Gasteiger partial charge in [0.25, 0.3) is 0 Å². The van der Waals surface area contributed by atoms with Gasteiger partial charge in [0, 0.05) is 6.92 Å². The SMILES string of the molecule is CC(=O)OC(=O)c1ccccc1O.N. The van der Waals surface area contributed by atoms with Gasteiger partial charge < -0.3 is 16.0 Å². The molecule has 0 saturated heterocycles. The molecule has 0 saturated carbocycles. The zero-order valence-corrected chi connectivity index (χ0v) is 7.69. The van der Waals surface area contributed by atoms with E-state index >= 15 is 0 Å². The molecule has 5 heteroatoms. The van der Waals surface area contributed by atoms with Crippen molar-refractivity contribution in [2.75, 3.05) is 0 Å². The van der Waals surface area contributed by atoms with Gasteiger partial charge >= 0.3 is 11.9 Å². The summed E-state index contributed by atoms with van der Waals surface area (Å²) in [6.07, 6.45) is 0. The van der Waals surface area contributed by atoms with E-state index < -0.39 is 11.9 Å². The van der Waals surface area contributed by atoms with Crippen LogP contribution in [0.25, 0.3) is 0 Å². The Balaban J connectivity index is 0.00000169. The molecule has 1 aromatic rings. The summed E-state index contributed by atoms with van der Waals surface area (Å²) in [6, 6.07) is 5.85. The molecule has 0 radical (unpaired) electrons. The number of aromatic hydroxyl groups is 1. The highest BCUT2D eigenvalue weighted by atomic mass is 16.6.